The molecule has 1 fully saturated rings. The van der Waals surface area contributed by atoms with Crippen LogP contribution in [-0.2, 0) is 10.0 Å². The number of rotatable bonds is 4. The van der Waals surface area contributed by atoms with Crippen LogP contribution in [-0.4, -0.2) is 45.0 Å². The Kier molecular flexibility index (Phi) is 4.44. The quantitative estimate of drug-likeness (QED) is 0.898. The van der Waals surface area contributed by atoms with E-state index in [2.05, 4.69) is 5.32 Å². The van der Waals surface area contributed by atoms with Gasteiger partial charge in [-0.1, -0.05) is 6.07 Å². The summed E-state index contributed by atoms with van der Waals surface area (Å²) in [6, 6.07) is 6.86. The average Bonchev–Trinajstić information content (AvgIpc) is 2.39. The summed E-state index contributed by atoms with van der Waals surface area (Å²) in [6.45, 7) is 6.07. The minimum Gasteiger partial charge on any atom is -0.494 e. The van der Waals surface area contributed by atoms with Crippen molar-refractivity contribution < 1.29 is 13.2 Å². The molecular weight excluding hydrogens is 264 g/mol. The van der Waals surface area contributed by atoms with E-state index in [4.69, 9.17) is 4.74 Å². The first-order valence-electron chi connectivity index (χ1n) is 6.50. The summed E-state index contributed by atoms with van der Waals surface area (Å²) in [5.41, 5.74) is 0. The first kappa shape index (κ1) is 14.3. The maximum atomic E-state index is 12.5. The van der Waals surface area contributed by atoms with E-state index < -0.39 is 10.0 Å². The standard InChI is InChI=1S/C13H20N2O3S/c1-3-18-12-5-4-6-13(9-12)19(16,17)15-8-7-14-11(2)10-15/h4-6,9,11,14H,3,7-8,10H2,1-2H3/t11-/m0/s1. The Morgan fingerprint density at radius 3 is 2.95 bits per heavy atom. The zero-order chi connectivity index (χ0) is 13.9. The van der Waals surface area contributed by atoms with Crippen LogP contribution >= 0.6 is 0 Å². The molecule has 106 valence electrons. The molecule has 1 aliphatic rings. The molecular formula is C13H20N2O3S. The van der Waals surface area contributed by atoms with Crippen LogP contribution in [0.2, 0.25) is 0 Å². The molecule has 1 aliphatic heterocycles. The molecule has 2 rings (SSSR count). The van der Waals surface area contributed by atoms with Crippen molar-refractivity contribution in [3.8, 4) is 5.75 Å². The SMILES string of the molecule is CCOc1cccc(S(=O)(=O)N2CCN[C@@H](C)C2)c1. The van der Waals surface area contributed by atoms with Gasteiger partial charge in [-0.2, -0.15) is 4.31 Å². The number of benzene rings is 1. The molecule has 1 aromatic carbocycles. The largest absolute Gasteiger partial charge is 0.494 e. The molecule has 6 heteroatoms. The van der Waals surface area contributed by atoms with Gasteiger partial charge in [-0.3, -0.25) is 0 Å². The fourth-order valence-electron chi connectivity index (χ4n) is 2.16. The van der Waals surface area contributed by atoms with Gasteiger partial charge in [-0.05, 0) is 26.0 Å². The first-order valence-corrected chi connectivity index (χ1v) is 7.94. The maximum Gasteiger partial charge on any atom is 0.243 e. The van der Waals surface area contributed by atoms with Crippen LogP contribution in [0.25, 0.3) is 0 Å². The summed E-state index contributed by atoms with van der Waals surface area (Å²) in [5, 5.41) is 3.24. The van der Waals surface area contributed by atoms with Crippen LogP contribution in [0.15, 0.2) is 29.2 Å². The molecule has 0 saturated carbocycles. The van der Waals surface area contributed by atoms with Crippen LogP contribution in [0.3, 0.4) is 0 Å². The average molecular weight is 284 g/mol. The summed E-state index contributed by atoms with van der Waals surface area (Å²) < 4.78 is 31.9. The zero-order valence-electron chi connectivity index (χ0n) is 11.3. The number of hydrogen-bond donors (Lipinski definition) is 1. The Balaban J connectivity index is 2.25. The van der Waals surface area contributed by atoms with Crippen molar-refractivity contribution in [2.45, 2.75) is 24.8 Å². The van der Waals surface area contributed by atoms with Gasteiger partial charge in [0.15, 0.2) is 0 Å². The van der Waals surface area contributed by atoms with Gasteiger partial charge >= 0.3 is 0 Å². The Hall–Kier alpha value is -1.11. The highest BCUT2D eigenvalue weighted by Crippen LogP contribution is 2.21. The minimum atomic E-state index is -3.42. The zero-order valence-corrected chi connectivity index (χ0v) is 12.1. The smallest absolute Gasteiger partial charge is 0.243 e. The van der Waals surface area contributed by atoms with Gasteiger partial charge in [-0.25, -0.2) is 8.42 Å². The predicted molar refractivity (Wildman–Crippen MR) is 73.8 cm³/mol. The molecule has 5 nitrogen and oxygen atoms in total. The molecule has 1 aromatic rings. The lowest BCUT2D eigenvalue weighted by Crippen LogP contribution is -2.51. The van der Waals surface area contributed by atoms with Gasteiger partial charge < -0.3 is 10.1 Å². The van der Waals surface area contributed by atoms with Gasteiger partial charge in [0.05, 0.1) is 11.5 Å². The molecule has 1 saturated heterocycles. The number of hydrogen-bond acceptors (Lipinski definition) is 4. The van der Waals surface area contributed by atoms with E-state index in [1.807, 2.05) is 13.8 Å². The van der Waals surface area contributed by atoms with Crippen molar-refractivity contribution in [2.75, 3.05) is 26.2 Å². The van der Waals surface area contributed by atoms with Crippen molar-refractivity contribution in [1.29, 1.82) is 0 Å². The van der Waals surface area contributed by atoms with E-state index in [1.54, 1.807) is 24.3 Å². The Labute approximate surface area is 114 Å². The van der Waals surface area contributed by atoms with E-state index in [-0.39, 0.29) is 6.04 Å². The van der Waals surface area contributed by atoms with E-state index in [0.29, 0.717) is 36.9 Å². The van der Waals surface area contributed by atoms with Gasteiger partial charge in [-0.15, -0.1) is 0 Å². The third-order valence-electron chi connectivity index (χ3n) is 3.09. The number of ether oxygens (including phenoxy) is 1. The molecule has 0 radical (unpaired) electrons. The molecule has 0 aliphatic carbocycles. The lowest BCUT2D eigenvalue weighted by atomic mass is 10.3. The lowest BCUT2D eigenvalue weighted by Gasteiger charge is -2.31. The fourth-order valence-corrected chi connectivity index (χ4v) is 3.72. The summed E-state index contributed by atoms with van der Waals surface area (Å²) in [7, 11) is -3.42. The highest BCUT2D eigenvalue weighted by Gasteiger charge is 2.28. The van der Waals surface area contributed by atoms with Crippen LogP contribution in [0.5, 0.6) is 5.75 Å². The van der Waals surface area contributed by atoms with Gasteiger partial charge in [0.2, 0.25) is 10.0 Å². The second-order valence-electron chi connectivity index (χ2n) is 4.63. The summed E-state index contributed by atoms with van der Waals surface area (Å²) in [5.74, 6) is 0.590. The van der Waals surface area contributed by atoms with Gasteiger partial charge in [0.1, 0.15) is 5.75 Å². The van der Waals surface area contributed by atoms with Gasteiger partial charge in [0.25, 0.3) is 0 Å². The number of sulfonamides is 1. The molecule has 1 heterocycles. The summed E-state index contributed by atoms with van der Waals surface area (Å²) in [4.78, 5) is 0.299. The number of piperazine rings is 1. The monoisotopic (exact) mass is 284 g/mol. The topological polar surface area (TPSA) is 58.6 Å². The van der Waals surface area contributed by atoms with E-state index in [9.17, 15) is 8.42 Å². The van der Waals surface area contributed by atoms with E-state index in [1.165, 1.54) is 4.31 Å². The van der Waals surface area contributed by atoms with Crippen LogP contribution < -0.4 is 10.1 Å². The second kappa shape index (κ2) is 5.90. The van der Waals surface area contributed by atoms with Crippen molar-refractivity contribution in [3.05, 3.63) is 24.3 Å². The Morgan fingerprint density at radius 1 is 1.47 bits per heavy atom. The number of nitrogens with zero attached hydrogens (tertiary/aromatic N) is 1. The molecule has 1 atom stereocenters. The van der Waals surface area contributed by atoms with Crippen molar-refractivity contribution in [2.24, 2.45) is 0 Å². The molecule has 0 unspecified atom stereocenters. The van der Waals surface area contributed by atoms with E-state index in [0.717, 1.165) is 0 Å². The maximum absolute atomic E-state index is 12.5. The third-order valence-corrected chi connectivity index (χ3v) is 4.95. The highest BCUT2D eigenvalue weighted by atomic mass is 32.2. The molecule has 0 spiro atoms. The highest BCUT2D eigenvalue weighted by molar-refractivity contribution is 7.89. The predicted octanol–water partition coefficient (Wildman–Crippen LogP) is 1.07. The Bertz CT molecular complexity index is 530. The lowest BCUT2D eigenvalue weighted by molar-refractivity contribution is 0.309. The molecule has 0 bridgehead atoms. The Morgan fingerprint density at radius 2 is 2.26 bits per heavy atom. The molecule has 19 heavy (non-hydrogen) atoms. The van der Waals surface area contributed by atoms with Crippen molar-refractivity contribution in [1.82, 2.24) is 9.62 Å². The van der Waals surface area contributed by atoms with Crippen LogP contribution in [0.4, 0.5) is 0 Å². The minimum absolute atomic E-state index is 0.179. The fraction of sp³-hybridized carbons (Fsp3) is 0.538. The van der Waals surface area contributed by atoms with Crippen LogP contribution in [0, 0.1) is 0 Å². The summed E-state index contributed by atoms with van der Waals surface area (Å²) in [6.07, 6.45) is 0. The van der Waals surface area contributed by atoms with Gasteiger partial charge in [0, 0.05) is 31.7 Å². The molecule has 1 N–H and O–H groups in total. The second-order valence-corrected chi connectivity index (χ2v) is 6.56. The summed E-state index contributed by atoms with van der Waals surface area (Å²) >= 11 is 0. The van der Waals surface area contributed by atoms with Crippen molar-refractivity contribution >= 4 is 10.0 Å². The number of nitrogens with one attached hydrogen (secondary N) is 1. The normalized spacial score (nSPS) is 21.3. The van der Waals surface area contributed by atoms with Crippen molar-refractivity contribution in [3.63, 3.8) is 0 Å². The first-order chi connectivity index (χ1) is 9.04. The molecule has 0 amide bonds. The third kappa shape index (κ3) is 3.26. The molecule has 0 aromatic heterocycles. The van der Waals surface area contributed by atoms with E-state index >= 15 is 0 Å². The van der Waals surface area contributed by atoms with Crippen LogP contribution in [0.1, 0.15) is 13.8 Å².